The Morgan fingerprint density at radius 3 is 1.22 bits per heavy atom. The number of fused-ring (bicyclic) bond motifs is 4. The van der Waals surface area contributed by atoms with Crippen molar-refractivity contribution in [3.63, 3.8) is 0 Å². The second-order valence-corrected chi connectivity index (χ2v) is 12.4. The minimum Gasteiger partial charge on any atom is -0.455 e. The van der Waals surface area contributed by atoms with Gasteiger partial charge in [0.1, 0.15) is 23.0 Å². The summed E-state index contributed by atoms with van der Waals surface area (Å²) in [5.41, 5.74) is 2.87. The van der Waals surface area contributed by atoms with Gasteiger partial charge in [0.2, 0.25) is 0 Å². The van der Waals surface area contributed by atoms with Gasteiger partial charge in [-0.05, 0) is 71.8 Å². The molecule has 0 radical (unpaired) electrons. The van der Waals surface area contributed by atoms with Crippen LogP contribution in [-0.4, -0.2) is 0 Å². The van der Waals surface area contributed by atoms with E-state index in [9.17, 15) is 0 Å². The zero-order valence-corrected chi connectivity index (χ0v) is 27.0. The van der Waals surface area contributed by atoms with E-state index in [4.69, 9.17) is 9.47 Å². The summed E-state index contributed by atoms with van der Waals surface area (Å²) in [4.78, 5) is 0. The summed E-state index contributed by atoms with van der Waals surface area (Å²) < 4.78 is 14.1. The second kappa shape index (κ2) is 13.7. The molecule has 0 bridgehead atoms. The van der Waals surface area contributed by atoms with E-state index in [0.29, 0.717) is 0 Å². The molecule has 0 aromatic heterocycles. The molecule has 0 aliphatic rings. The van der Waals surface area contributed by atoms with Gasteiger partial charge in [0.15, 0.2) is 0 Å². The first-order valence-electron chi connectivity index (χ1n) is 17.1. The number of hydrogen-bond donors (Lipinski definition) is 0. The van der Waals surface area contributed by atoms with E-state index in [-0.39, 0.29) is 0 Å². The number of rotatable bonds is 12. The van der Waals surface area contributed by atoms with Crippen LogP contribution in [0.5, 0.6) is 23.0 Å². The van der Waals surface area contributed by atoms with Crippen molar-refractivity contribution in [2.45, 2.75) is 65.2 Å². The van der Waals surface area contributed by atoms with Crippen molar-refractivity contribution >= 4 is 43.1 Å². The molecule has 2 heteroatoms. The van der Waals surface area contributed by atoms with Crippen molar-refractivity contribution in [3.05, 3.63) is 132 Å². The molecule has 0 aliphatic heterocycles. The predicted octanol–water partition coefficient (Wildman–Crippen LogP) is 13.3. The highest BCUT2D eigenvalue weighted by Gasteiger charge is 2.21. The van der Waals surface area contributed by atoms with E-state index in [1.807, 2.05) is 0 Å². The van der Waals surface area contributed by atoms with Crippen LogP contribution in [0.15, 0.2) is 121 Å². The Kier molecular flexibility index (Phi) is 8.87. The molecule has 0 heterocycles. The normalized spacial score (nSPS) is 11.5. The average molecular weight is 603 g/mol. The van der Waals surface area contributed by atoms with Gasteiger partial charge < -0.3 is 9.47 Å². The lowest BCUT2D eigenvalue weighted by atomic mass is 9.91. The highest BCUT2D eigenvalue weighted by Crippen LogP contribution is 2.48. The number of benzene rings is 7. The second-order valence-electron chi connectivity index (χ2n) is 12.4. The first-order chi connectivity index (χ1) is 22.7. The van der Waals surface area contributed by atoms with Gasteiger partial charge in [-0.2, -0.15) is 0 Å². The van der Waals surface area contributed by atoms with Crippen LogP contribution in [0.4, 0.5) is 0 Å². The lowest BCUT2D eigenvalue weighted by Gasteiger charge is -2.21. The van der Waals surface area contributed by atoms with E-state index in [2.05, 4.69) is 135 Å². The van der Waals surface area contributed by atoms with E-state index >= 15 is 0 Å². The Labute approximate surface area is 272 Å². The third-order valence-corrected chi connectivity index (χ3v) is 9.27. The van der Waals surface area contributed by atoms with E-state index in [0.717, 1.165) is 68.2 Å². The molecule has 46 heavy (non-hydrogen) atoms. The number of unbranched alkanes of at least 4 members (excludes halogenated alkanes) is 4. The van der Waals surface area contributed by atoms with Crippen LogP contribution in [0.3, 0.4) is 0 Å². The van der Waals surface area contributed by atoms with Crippen LogP contribution in [-0.2, 0) is 12.8 Å². The molecule has 0 atom stereocenters. The summed E-state index contributed by atoms with van der Waals surface area (Å²) in [5.74, 6) is 3.52. The van der Waals surface area contributed by atoms with Crippen LogP contribution in [0.25, 0.3) is 43.1 Å². The zero-order valence-electron chi connectivity index (χ0n) is 27.0. The van der Waals surface area contributed by atoms with Gasteiger partial charge in [-0.25, -0.2) is 0 Å². The third-order valence-electron chi connectivity index (χ3n) is 9.27. The van der Waals surface area contributed by atoms with E-state index in [1.165, 1.54) is 60.4 Å². The summed E-state index contributed by atoms with van der Waals surface area (Å²) in [7, 11) is 0. The molecular weight excluding hydrogens is 560 g/mol. The predicted molar refractivity (Wildman–Crippen MR) is 196 cm³/mol. The monoisotopic (exact) mass is 602 g/mol. The highest BCUT2D eigenvalue weighted by molar-refractivity contribution is 6.12. The molecule has 0 fully saturated rings. The largest absolute Gasteiger partial charge is 0.455 e. The molecule has 230 valence electrons. The molecule has 0 amide bonds. The van der Waals surface area contributed by atoms with Crippen LogP contribution >= 0.6 is 0 Å². The minimum absolute atomic E-state index is 0.867. The molecule has 0 N–H and O–H groups in total. The molecular formula is C44H42O2. The summed E-state index contributed by atoms with van der Waals surface area (Å²) >= 11 is 0. The Balaban J connectivity index is 1.49. The number of aryl methyl sites for hydroxylation is 2. The van der Waals surface area contributed by atoms with Gasteiger partial charge in [-0.15, -0.1) is 0 Å². The van der Waals surface area contributed by atoms with Crippen LogP contribution in [0.1, 0.15) is 63.5 Å². The Morgan fingerprint density at radius 2 is 0.783 bits per heavy atom. The quantitative estimate of drug-likeness (QED) is 0.102. The van der Waals surface area contributed by atoms with Gasteiger partial charge in [0, 0.05) is 32.3 Å². The van der Waals surface area contributed by atoms with Gasteiger partial charge in [-0.1, -0.05) is 137 Å². The van der Waals surface area contributed by atoms with Gasteiger partial charge in [0.25, 0.3) is 0 Å². The van der Waals surface area contributed by atoms with Gasteiger partial charge in [-0.3, -0.25) is 0 Å². The number of hydrogen-bond acceptors (Lipinski definition) is 2. The van der Waals surface area contributed by atoms with E-state index < -0.39 is 0 Å². The first-order valence-corrected chi connectivity index (χ1v) is 17.1. The SMILES string of the molecule is CCCCCc1cc2c(Oc3cccc4ccccc34)c3ccccc3c(Oc3cccc4ccccc34)c2cc1CCCCC. The van der Waals surface area contributed by atoms with Gasteiger partial charge in [0.05, 0.1) is 0 Å². The maximum atomic E-state index is 7.06. The molecule has 7 rings (SSSR count). The fourth-order valence-corrected chi connectivity index (χ4v) is 6.84. The average Bonchev–Trinajstić information content (AvgIpc) is 3.10. The molecule has 0 aliphatic carbocycles. The summed E-state index contributed by atoms with van der Waals surface area (Å²) in [5, 5.41) is 8.87. The molecule has 0 unspecified atom stereocenters. The zero-order chi connectivity index (χ0) is 31.3. The van der Waals surface area contributed by atoms with Crippen molar-refractivity contribution in [3.8, 4) is 23.0 Å². The van der Waals surface area contributed by atoms with Crippen LogP contribution in [0.2, 0.25) is 0 Å². The molecule has 0 spiro atoms. The molecule has 0 saturated carbocycles. The topological polar surface area (TPSA) is 18.5 Å². The van der Waals surface area contributed by atoms with Crippen LogP contribution in [0, 0.1) is 0 Å². The fourth-order valence-electron chi connectivity index (χ4n) is 6.84. The summed E-state index contributed by atoms with van der Waals surface area (Å²) in [6.45, 7) is 4.56. The summed E-state index contributed by atoms with van der Waals surface area (Å²) in [6.07, 6.45) is 9.42. The fraction of sp³-hybridized carbons (Fsp3) is 0.227. The Bertz CT molecular complexity index is 1980. The van der Waals surface area contributed by atoms with Crippen molar-refractivity contribution in [1.29, 1.82) is 0 Å². The molecule has 0 saturated heterocycles. The lowest BCUT2D eigenvalue weighted by Crippen LogP contribution is -2.00. The van der Waals surface area contributed by atoms with E-state index in [1.54, 1.807) is 0 Å². The Morgan fingerprint density at radius 1 is 0.391 bits per heavy atom. The molecule has 7 aromatic carbocycles. The maximum Gasteiger partial charge on any atom is 0.143 e. The molecule has 7 aromatic rings. The van der Waals surface area contributed by atoms with Crippen molar-refractivity contribution in [1.82, 2.24) is 0 Å². The molecule has 2 nitrogen and oxygen atoms in total. The van der Waals surface area contributed by atoms with Gasteiger partial charge >= 0.3 is 0 Å². The summed E-state index contributed by atoms with van der Waals surface area (Å²) in [6, 6.07) is 43.0. The first kappa shape index (κ1) is 29.9. The smallest absolute Gasteiger partial charge is 0.143 e. The van der Waals surface area contributed by atoms with Crippen molar-refractivity contribution < 1.29 is 9.47 Å². The van der Waals surface area contributed by atoms with Crippen LogP contribution < -0.4 is 9.47 Å². The Hall–Kier alpha value is -4.82. The standard InChI is InChI=1S/C44H42O2/c1-3-5-7-19-33-29-39-40(30-34(33)20-8-6-4-2)44(46-42-28-16-22-32-18-10-12-24-36(32)42)38-26-14-13-25-37(38)43(39)45-41-27-15-21-31-17-9-11-23-35(31)41/h9-18,21-30H,3-8,19-20H2,1-2H3. The maximum absolute atomic E-state index is 7.06. The minimum atomic E-state index is 0.867. The van der Waals surface area contributed by atoms with Crippen molar-refractivity contribution in [2.75, 3.05) is 0 Å². The lowest BCUT2D eigenvalue weighted by molar-refractivity contribution is 0.491. The third kappa shape index (κ3) is 5.93. The highest BCUT2D eigenvalue weighted by atomic mass is 16.5. The number of ether oxygens (including phenoxy) is 2. The van der Waals surface area contributed by atoms with Crippen molar-refractivity contribution in [2.24, 2.45) is 0 Å².